The maximum Gasteiger partial charge on any atom is 0.252 e. The number of ether oxygens (including phenoxy) is 1. The second-order valence-corrected chi connectivity index (χ2v) is 5.11. The van der Waals surface area contributed by atoms with Gasteiger partial charge in [0.25, 0.3) is 5.91 Å². The first-order chi connectivity index (χ1) is 11.4. The number of hydrogen-bond acceptors (Lipinski definition) is 3. The number of primary amides is 1. The van der Waals surface area contributed by atoms with Gasteiger partial charge in [0.15, 0.2) is 11.6 Å². The molecule has 0 aliphatic rings. The van der Waals surface area contributed by atoms with E-state index in [1.54, 1.807) is 24.3 Å². The molecule has 126 valence electrons. The Hall–Kier alpha value is -2.96. The van der Waals surface area contributed by atoms with Crippen molar-refractivity contribution >= 4 is 11.8 Å². The van der Waals surface area contributed by atoms with E-state index < -0.39 is 29.5 Å². The summed E-state index contributed by atoms with van der Waals surface area (Å²) in [6, 6.07) is 8.66. The number of hydrogen-bond donors (Lipinski definition) is 2. The molecule has 0 unspecified atom stereocenters. The highest BCUT2D eigenvalue weighted by Gasteiger charge is 2.20. The summed E-state index contributed by atoms with van der Waals surface area (Å²) >= 11 is 0. The lowest BCUT2D eigenvalue weighted by atomic mass is 10.0. The number of nitrogens with two attached hydrogens (primary N) is 1. The monoisotopic (exact) mass is 334 g/mol. The van der Waals surface area contributed by atoms with Crippen LogP contribution in [0.25, 0.3) is 0 Å². The third-order valence-electron chi connectivity index (χ3n) is 3.40. The van der Waals surface area contributed by atoms with Crippen LogP contribution in [0.5, 0.6) is 5.75 Å². The maximum atomic E-state index is 13.2. The van der Waals surface area contributed by atoms with Gasteiger partial charge in [-0.2, -0.15) is 0 Å². The Morgan fingerprint density at radius 1 is 1.17 bits per heavy atom. The Morgan fingerprint density at radius 3 is 2.54 bits per heavy atom. The molecule has 0 saturated carbocycles. The minimum absolute atomic E-state index is 0.106. The molecule has 5 nitrogen and oxygen atoms in total. The topological polar surface area (TPSA) is 81.4 Å². The average molecular weight is 334 g/mol. The Balaban J connectivity index is 2.14. The van der Waals surface area contributed by atoms with Gasteiger partial charge in [0.05, 0.1) is 7.11 Å². The lowest BCUT2D eigenvalue weighted by Crippen LogP contribution is -2.45. The van der Waals surface area contributed by atoms with Crippen molar-refractivity contribution in [1.29, 1.82) is 0 Å². The van der Waals surface area contributed by atoms with E-state index >= 15 is 0 Å². The Kier molecular flexibility index (Phi) is 5.47. The highest BCUT2D eigenvalue weighted by molar-refractivity contribution is 5.97. The predicted molar refractivity (Wildman–Crippen MR) is 83.5 cm³/mol. The van der Waals surface area contributed by atoms with Gasteiger partial charge < -0.3 is 15.8 Å². The molecular formula is C17H16F2N2O3. The molecule has 0 saturated heterocycles. The summed E-state index contributed by atoms with van der Waals surface area (Å²) in [6.07, 6.45) is 0.141. The fraction of sp³-hybridized carbons (Fsp3) is 0.176. The van der Waals surface area contributed by atoms with Crippen LogP contribution in [0, 0.1) is 11.6 Å². The second-order valence-electron chi connectivity index (χ2n) is 5.11. The molecule has 0 aromatic heterocycles. The first-order valence-electron chi connectivity index (χ1n) is 7.09. The number of methoxy groups -OCH3 is 1. The number of benzene rings is 2. The normalized spacial score (nSPS) is 11.6. The number of halogens is 2. The zero-order chi connectivity index (χ0) is 17.7. The van der Waals surface area contributed by atoms with Crippen LogP contribution in [0.15, 0.2) is 42.5 Å². The van der Waals surface area contributed by atoms with E-state index in [0.717, 1.165) is 23.8 Å². The fourth-order valence-corrected chi connectivity index (χ4v) is 2.14. The van der Waals surface area contributed by atoms with E-state index in [4.69, 9.17) is 10.5 Å². The average Bonchev–Trinajstić information content (AvgIpc) is 2.56. The number of nitrogens with one attached hydrogen (secondary N) is 1. The number of amides is 2. The minimum Gasteiger partial charge on any atom is -0.497 e. The summed E-state index contributed by atoms with van der Waals surface area (Å²) < 4.78 is 31.2. The van der Waals surface area contributed by atoms with Crippen molar-refractivity contribution in [3.05, 3.63) is 65.2 Å². The first kappa shape index (κ1) is 17.4. The molecule has 0 radical (unpaired) electrons. The standard InChI is InChI=1S/C17H16F2N2O3/c1-24-12-4-2-3-10(7-12)8-15(16(20)22)21-17(23)11-5-6-13(18)14(19)9-11/h2-7,9,15H,8H2,1H3,(H2,20,22)(H,21,23)/t15-/m0/s1. The van der Waals surface area contributed by atoms with Crippen molar-refractivity contribution in [3.8, 4) is 5.75 Å². The number of rotatable bonds is 6. The lowest BCUT2D eigenvalue weighted by molar-refractivity contribution is -0.119. The second kappa shape index (κ2) is 7.54. The summed E-state index contributed by atoms with van der Waals surface area (Å²) in [7, 11) is 1.51. The van der Waals surface area contributed by atoms with Crippen LogP contribution in [0.1, 0.15) is 15.9 Å². The molecule has 0 spiro atoms. The smallest absolute Gasteiger partial charge is 0.252 e. The molecule has 7 heteroatoms. The molecule has 0 aliphatic carbocycles. The third-order valence-corrected chi connectivity index (χ3v) is 3.40. The van der Waals surface area contributed by atoms with Gasteiger partial charge in [0, 0.05) is 12.0 Å². The maximum absolute atomic E-state index is 13.2. The quantitative estimate of drug-likeness (QED) is 0.845. The van der Waals surface area contributed by atoms with Crippen LogP contribution >= 0.6 is 0 Å². The molecule has 0 heterocycles. The summed E-state index contributed by atoms with van der Waals surface area (Å²) in [4.78, 5) is 23.7. The van der Waals surface area contributed by atoms with Crippen LogP contribution < -0.4 is 15.8 Å². The van der Waals surface area contributed by atoms with Gasteiger partial charge in [0.1, 0.15) is 11.8 Å². The SMILES string of the molecule is COc1cccc(C[C@H](NC(=O)c2ccc(F)c(F)c2)C(N)=O)c1. The summed E-state index contributed by atoms with van der Waals surface area (Å²) in [6.45, 7) is 0. The molecule has 2 amide bonds. The van der Waals surface area contributed by atoms with Crippen LogP contribution in [-0.4, -0.2) is 25.0 Å². The lowest BCUT2D eigenvalue weighted by Gasteiger charge is -2.16. The molecule has 2 aromatic carbocycles. The molecule has 2 aromatic rings. The largest absolute Gasteiger partial charge is 0.497 e. The van der Waals surface area contributed by atoms with Gasteiger partial charge in [-0.3, -0.25) is 9.59 Å². The first-order valence-corrected chi connectivity index (χ1v) is 7.09. The molecule has 3 N–H and O–H groups in total. The van der Waals surface area contributed by atoms with Crippen molar-refractivity contribution in [2.45, 2.75) is 12.5 Å². The van der Waals surface area contributed by atoms with Crippen molar-refractivity contribution in [3.63, 3.8) is 0 Å². The third kappa shape index (κ3) is 4.28. The van der Waals surface area contributed by atoms with E-state index in [2.05, 4.69) is 5.32 Å². The minimum atomic E-state index is -1.15. The van der Waals surface area contributed by atoms with Crippen molar-refractivity contribution in [1.82, 2.24) is 5.32 Å². The van der Waals surface area contributed by atoms with Crippen LogP contribution in [0.4, 0.5) is 8.78 Å². The number of carbonyl (C=O) groups is 2. The van der Waals surface area contributed by atoms with Crippen molar-refractivity contribution in [2.24, 2.45) is 5.73 Å². The molecular weight excluding hydrogens is 318 g/mol. The Morgan fingerprint density at radius 2 is 1.92 bits per heavy atom. The zero-order valence-corrected chi connectivity index (χ0v) is 12.9. The summed E-state index contributed by atoms with van der Waals surface area (Å²) in [5, 5.41) is 2.42. The predicted octanol–water partition coefficient (Wildman–Crippen LogP) is 1.80. The van der Waals surface area contributed by atoms with Gasteiger partial charge in [-0.05, 0) is 35.9 Å². The van der Waals surface area contributed by atoms with E-state index in [0.29, 0.717) is 5.75 Å². The van der Waals surface area contributed by atoms with Gasteiger partial charge in [-0.15, -0.1) is 0 Å². The van der Waals surface area contributed by atoms with Gasteiger partial charge >= 0.3 is 0 Å². The van der Waals surface area contributed by atoms with Crippen LogP contribution in [0.2, 0.25) is 0 Å². The molecule has 1 atom stereocenters. The molecule has 0 aliphatic heterocycles. The Labute approximate surface area is 137 Å². The van der Waals surface area contributed by atoms with E-state index in [-0.39, 0.29) is 12.0 Å². The molecule has 0 fully saturated rings. The molecule has 24 heavy (non-hydrogen) atoms. The van der Waals surface area contributed by atoms with Gasteiger partial charge in [-0.1, -0.05) is 12.1 Å². The number of carbonyl (C=O) groups excluding carboxylic acids is 2. The van der Waals surface area contributed by atoms with E-state index in [9.17, 15) is 18.4 Å². The van der Waals surface area contributed by atoms with E-state index in [1.165, 1.54) is 7.11 Å². The highest BCUT2D eigenvalue weighted by atomic mass is 19.2. The van der Waals surface area contributed by atoms with Crippen LogP contribution in [0.3, 0.4) is 0 Å². The molecule has 2 rings (SSSR count). The summed E-state index contributed by atoms with van der Waals surface area (Å²) in [5.41, 5.74) is 5.94. The van der Waals surface area contributed by atoms with Crippen LogP contribution in [-0.2, 0) is 11.2 Å². The van der Waals surface area contributed by atoms with Crippen molar-refractivity contribution in [2.75, 3.05) is 7.11 Å². The Bertz CT molecular complexity index is 765. The summed E-state index contributed by atoms with van der Waals surface area (Å²) in [5.74, 6) is -3.07. The van der Waals surface area contributed by atoms with E-state index in [1.807, 2.05) is 0 Å². The highest BCUT2D eigenvalue weighted by Crippen LogP contribution is 2.14. The van der Waals surface area contributed by atoms with Gasteiger partial charge in [-0.25, -0.2) is 8.78 Å². The zero-order valence-electron chi connectivity index (χ0n) is 12.9. The van der Waals surface area contributed by atoms with Gasteiger partial charge in [0.2, 0.25) is 5.91 Å². The molecule has 0 bridgehead atoms. The van der Waals surface area contributed by atoms with Crippen molar-refractivity contribution < 1.29 is 23.1 Å². The fourth-order valence-electron chi connectivity index (χ4n) is 2.14.